The van der Waals surface area contributed by atoms with Gasteiger partial charge in [-0.25, -0.2) is 0 Å². The molecule has 1 N–H and O–H groups in total. The predicted molar refractivity (Wildman–Crippen MR) is 66.9 cm³/mol. The molecule has 0 saturated heterocycles. The molecule has 0 heterocycles. The molecule has 0 aromatic rings. The van der Waals surface area contributed by atoms with E-state index >= 15 is 0 Å². The Balaban J connectivity index is 1.90. The van der Waals surface area contributed by atoms with Crippen molar-refractivity contribution in [1.82, 2.24) is 0 Å². The Morgan fingerprint density at radius 2 is 2.12 bits per heavy atom. The number of nitrogens with zero attached hydrogens (tertiary/aromatic N) is 1. The maximum Gasteiger partial charge on any atom is 0.0604 e. The van der Waals surface area contributed by atoms with Crippen LogP contribution in [-0.2, 0) is 0 Å². The van der Waals surface area contributed by atoms with Crippen LogP contribution in [-0.4, -0.2) is 10.9 Å². The second kappa shape index (κ2) is 5.70. The van der Waals surface area contributed by atoms with E-state index in [4.69, 9.17) is 5.21 Å². The molecule has 0 amide bonds. The second-order valence-corrected chi connectivity index (χ2v) is 5.59. The third kappa shape index (κ3) is 2.41. The van der Waals surface area contributed by atoms with Crippen molar-refractivity contribution >= 4 is 5.71 Å². The van der Waals surface area contributed by atoms with Gasteiger partial charge < -0.3 is 5.21 Å². The van der Waals surface area contributed by atoms with Gasteiger partial charge in [-0.1, -0.05) is 50.6 Å². The third-order valence-electron chi connectivity index (χ3n) is 4.68. The number of fused-ring (bicyclic) bond motifs is 1. The van der Waals surface area contributed by atoms with Crippen molar-refractivity contribution in [3.63, 3.8) is 0 Å². The first-order chi connectivity index (χ1) is 7.86. The van der Waals surface area contributed by atoms with Gasteiger partial charge in [-0.3, -0.25) is 0 Å². The van der Waals surface area contributed by atoms with Gasteiger partial charge in [0.2, 0.25) is 0 Å². The zero-order valence-corrected chi connectivity index (χ0v) is 10.5. The smallest absolute Gasteiger partial charge is 0.0604 e. The summed E-state index contributed by atoms with van der Waals surface area (Å²) in [5, 5.41) is 12.5. The molecule has 3 atom stereocenters. The van der Waals surface area contributed by atoms with E-state index < -0.39 is 0 Å². The summed E-state index contributed by atoms with van der Waals surface area (Å²) in [5.74, 6) is 2.39. The summed E-state index contributed by atoms with van der Waals surface area (Å²) in [6.07, 6.45) is 11.9. The Morgan fingerprint density at radius 1 is 1.25 bits per heavy atom. The summed E-state index contributed by atoms with van der Waals surface area (Å²) in [5.41, 5.74) is 1.10. The van der Waals surface area contributed by atoms with E-state index in [0.29, 0.717) is 5.92 Å². The van der Waals surface area contributed by atoms with Crippen molar-refractivity contribution in [1.29, 1.82) is 0 Å². The monoisotopic (exact) mass is 223 g/mol. The highest BCUT2D eigenvalue weighted by Gasteiger charge is 2.40. The summed E-state index contributed by atoms with van der Waals surface area (Å²) >= 11 is 0. The summed E-state index contributed by atoms with van der Waals surface area (Å²) < 4.78 is 0. The lowest BCUT2D eigenvalue weighted by molar-refractivity contribution is 0.190. The number of oxime groups is 1. The molecule has 0 unspecified atom stereocenters. The minimum Gasteiger partial charge on any atom is -0.411 e. The molecular weight excluding hydrogens is 198 g/mol. The first-order valence-electron chi connectivity index (χ1n) is 7.07. The average molecular weight is 223 g/mol. The maximum atomic E-state index is 8.99. The molecule has 0 aliphatic heterocycles. The Bertz CT molecular complexity index is 249. The quantitative estimate of drug-likeness (QED) is 0.432. The summed E-state index contributed by atoms with van der Waals surface area (Å²) in [4.78, 5) is 0. The van der Waals surface area contributed by atoms with E-state index in [9.17, 15) is 0 Å². The van der Waals surface area contributed by atoms with Gasteiger partial charge in [0.1, 0.15) is 0 Å². The van der Waals surface area contributed by atoms with Crippen LogP contribution < -0.4 is 0 Å². The first-order valence-corrected chi connectivity index (χ1v) is 7.07. The molecule has 2 saturated carbocycles. The van der Waals surface area contributed by atoms with Crippen LogP contribution in [0.15, 0.2) is 5.16 Å². The largest absolute Gasteiger partial charge is 0.411 e. The molecule has 0 spiro atoms. The molecular formula is C14H25NO. The van der Waals surface area contributed by atoms with Crippen LogP contribution in [0.25, 0.3) is 0 Å². The summed E-state index contributed by atoms with van der Waals surface area (Å²) in [6, 6.07) is 0. The highest BCUT2D eigenvalue weighted by molar-refractivity contribution is 5.88. The minimum atomic E-state index is 0.630. The van der Waals surface area contributed by atoms with Gasteiger partial charge in [-0.2, -0.15) is 0 Å². The van der Waals surface area contributed by atoms with Crippen LogP contribution in [0.2, 0.25) is 0 Å². The lowest BCUT2D eigenvalue weighted by Crippen LogP contribution is -2.27. The van der Waals surface area contributed by atoms with Gasteiger partial charge >= 0.3 is 0 Å². The summed E-state index contributed by atoms with van der Waals surface area (Å²) in [7, 11) is 0. The van der Waals surface area contributed by atoms with Crippen LogP contribution in [0.3, 0.4) is 0 Å². The molecule has 2 fully saturated rings. The number of unbranched alkanes of at least 4 members (excludes halogenated alkanes) is 2. The number of rotatable bonds is 4. The van der Waals surface area contributed by atoms with E-state index in [2.05, 4.69) is 12.1 Å². The molecule has 2 rings (SSSR count). The fraction of sp³-hybridized carbons (Fsp3) is 0.929. The third-order valence-corrected chi connectivity index (χ3v) is 4.68. The minimum absolute atomic E-state index is 0.630. The standard InChI is InChI=1S/C14H25NO/c1-2-3-4-6-11-7-5-8-13-12(11)9-10-14(13)15-16/h11-13,16H,2-10H2,1H3/b15-14+/t11-,12+,13-/m0/s1. The topological polar surface area (TPSA) is 32.6 Å². The van der Waals surface area contributed by atoms with Gasteiger partial charge in [-0.15, -0.1) is 0 Å². The molecule has 2 aliphatic carbocycles. The molecule has 0 aromatic heterocycles. The normalized spacial score (nSPS) is 36.6. The molecule has 0 aromatic carbocycles. The number of hydrogen-bond acceptors (Lipinski definition) is 2. The molecule has 2 aliphatic rings. The van der Waals surface area contributed by atoms with Gasteiger partial charge in [0.15, 0.2) is 0 Å². The Kier molecular flexibility index (Phi) is 4.25. The lowest BCUT2D eigenvalue weighted by Gasteiger charge is -2.33. The van der Waals surface area contributed by atoms with Gasteiger partial charge in [-0.05, 0) is 31.1 Å². The van der Waals surface area contributed by atoms with Crippen molar-refractivity contribution in [3.05, 3.63) is 0 Å². The van der Waals surface area contributed by atoms with E-state index in [-0.39, 0.29) is 0 Å². The fourth-order valence-electron chi connectivity index (χ4n) is 3.85. The van der Waals surface area contributed by atoms with Gasteiger partial charge in [0, 0.05) is 5.92 Å². The zero-order chi connectivity index (χ0) is 11.4. The first kappa shape index (κ1) is 11.9. The number of hydrogen-bond donors (Lipinski definition) is 1. The highest BCUT2D eigenvalue weighted by atomic mass is 16.4. The molecule has 16 heavy (non-hydrogen) atoms. The van der Waals surface area contributed by atoms with Crippen molar-refractivity contribution in [3.8, 4) is 0 Å². The van der Waals surface area contributed by atoms with Crippen molar-refractivity contribution in [2.45, 2.75) is 64.7 Å². The van der Waals surface area contributed by atoms with Crippen LogP contribution in [0, 0.1) is 17.8 Å². The van der Waals surface area contributed by atoms with Gasteiger partial charge in [0.25, 0.3) is 0 Å². The Labute approximate surface area is 99.1 Å². The van der Waals surface area contributed by atoms with Crippen LogP contribution in [0.1, 0.15) is 64.7 Å². The van der Waals surface area contributed by atoms with E-state index in [1.165, 1.54) is 51.4 Å². The lowest BCUT2D eigenvalue weighted by atomic mass is 9.71. The van der Waals surface area contributed by atoms with E-state index in [1.54, 1.807) is 0 Å². The predicted octanol–water partition coefficient (Wildman–Crippen LogP) is 4.22. The van der Waals surface area contributed by atoms with E-state index in [0.717, 1.165) is 24.0 Å². The average Bonchev–Trinajstić information content (AvgIpc) is 2.73. The van der Waals surface area contributed by atoms with Crippen molar-refractivity contribution < 1.29 is 5.21 Å². The van der Waals surface area contributed by atoms with Crippen molar-refractivity contribution in [2.75, 3.05) is 0 Å². The molecule has 0 bridgehead atoms. The Morgan fingerprint density at radius 3 is 2.88 bits per heavy atom. The van der Waals surface area contributed by atoms with Gasteiger partial charge in [0.05, 0.1) is 5.71 Å². The molecule has 0 radical (unpaired) electrons. The van der Waals surface area contributed by atoms with Crippen LogP contribution in [0.4, 0.5) is 0 Å². The second-order valence-electron chi connectivity index (χ2n) is 5.59. The SMILES string of the molecule is CCCCC[C@H]1CCC[C@@H]2/C(=N/O)CC[C@H]12. The summed E-state index contributed by atoms with van der Waals surface area (Å²) in [6.45, 7) is 2.27. The highest BCUT2D eigenvalue weighted by Crippen LogP contribution is 2.45. The van der Waals surface area contributed by atoms with Crippen LogP contribution in [0.5, 0.6) is 0 Å². The zero-order valence-electron chi connectivity index (χ0n) is 10.5. The van der Waals surface area contributed by atoms with Crippen molar-refractivity contribution in [2.24, 2.45) is 22.9 Å². The molecule has 2 heteroatoms. The maximum absolute atomic E-state index is 8.99. The Hall–Kier alpha value is -0.530. The molecule has 2 nitrogen and oxygen atoms in total. The van der Waals surface area contributed by atoms with Crippen LogP contribution >= 0.6 is 0 Å². The fourth-order valence-corrected chi connectivity index (χ4v) is 3.85. The molecule has 92 valence electrons. The van der Waals surface area contributed by atoms with E-state index in [1.807, 2.05) is 0 Å².